The van der Waals surface area contributed by atoms with Gasteiger partial charge in [-0.3, -0.25) is 4.79 Å². The van der Waals surface area contributed by atoms with E-state index < -0.39 is 10.0 Å². The minimum atomic E-state index is -3.18. The van der Waals surface area contributed by atoms with Gasteiger partial charge in [-0.15, -0.1) is 6.58 Å². The Morgan fingerprint density at radius 3 is 2.53 bits per heavy atom. The number of hydrogen-bond donors (Lipinski definition) is 1. The molecule has 5 nitrogen and oxygen atoms in total. The summed E-state index contributed by atoms with van der Waals surface area (Å²) >= 11 is 0. The van der Waals surface area contributed by atoms with E-state index in [1.54, 1.807) is 0 Å². The van der Waals surface area contributed by atoms with E-state index >= 15 is 0 Å². The molecule has 6 heteroatoms. The van der Waals surface area contributed by atoms with Gasteiger partial charge in [-0.1, -0.05) is 6.08 Å². The molecule has 2 heterocycles. The summed E-state index contributed by atoms with van der Waals surface area (Å²) in [4.78, 5) is 11.2. The van der Waals surface area contributed by atoms with Crippen molar-refractivity contribution in [1.82, 2.24) is 9.62 Å². The lowest BCUT2D eigenvalue weighted by Crippen LogP contribution is -2.44. The van der Waals surface area contributed by atoms with Gasteiger partial charge >= 0.3 is 0 Å². The highest BCUT2D eigenvalue weighted by atomic mass is 32.2. The smallest absolute Gasteiger partial charge is 0.220 e. The van der Waals surface area contributed by atoms with Gasteiger partial charge in [0.25, 0.3) is 0 Å². The fourth-order valence-electron chi connectivity index (χ4n) is 2.60. The van der Waals surface area contributed by atoms with Crippen LogP contribution >= 0.6 is 0 Å². The number of nitrogens with one attached hydrogen (secondary N) is 1. The maximum Gasteiger partial charge on any atom is 0.220 e. The summed E-state index contributed by atoms with van der Waals surface area (Å²) in [5, 5.41) is 2.84. The zero-order chi connectivity index (χ0) is 12.5. The van der Waals surface area contributed by atoms with Crippen LogP contribution in [0.3, 0.4) is 0 Å². The fraction of sp³-hybridized carbons (Fsp3) is 0.727. The van der Waals surface area contributed by atoms with Gasteiger partial charge in [-0.2, -0.15) is 0 Å². The van der Waals surface area contributed by atoms with Crippen LogP contribution in [0.15, 0.2) is 12.7 Å². The molecule has 0 saturated carbocycles. The SMILES string of the molecule is C=CCS(=O)(=O)N1CCC2(CC1)CNC(=O)C2. The van der Waals surface area contributed by atoms with Gasteiger partial charge in [0.1, 0.15) is 0 Å². The van der Waals surface area contributed by atoms with Gasteiger partial charge in [0.15, 0.2) is 0 Å². The van der Waals surface area contributed by atoms with Crippen molar-refractivity contribution >= 4 is 15.9 Å². The molecule has 1 spiro atoms. The monoisotopic (exact) mass is 258 g/mol. The number of nitrogens with zero attached hydrogens (tertiary/aromatic N) is 1. The third-order valence-electron chi connectivity index (χ3n) is 3.70. The van der Waals surface area contributed by atoms with Crippen LogP contribution in [0.5, 0.6) is 0 Å². The average molecular weight is 258 g/mol. The standard InChI is InChI=1S/C11H18N2O3S/c1-2-7-17(15,16)13-5-3-11(4-6-13)8-10(14)12-9-11/h2H,1,3-9H2,(H,12,14). The predicted octanol–water partition coefficient (Wildman–Crippen LogP) is 0.104. The predicted molar refractivity (Wildman–Crippen MR) is 64.9 cm³/mol. The van der Waals surface area contributed by atoms with E-state index in [9.17, 15) is 13.2 Å². The van der Waals surface area contributed by atoms with Crippen molar-refractivity contribution in [3.8, 4) is 0 Å². The van der Waals surface area contributed by atoms with E-state index in [4.69, 9.17) is 0 Å². The Balaban J connectivity index is 1.99. The number of rotatable bonds is 3. The van der Waals surface area contributed by atoms with Crippen molar-refractivity contribution in [2.75, 3.05) is 25.4 Å². The number of sulfonamides is 1. The fourth-order valence-corrected chi connectivity index (χ4v) is 3.85. The molecule has 2 aliphatic rings. The normalized spacial score (nSPS) is 24.8. The van der Waals surface area contributed by atoms with Crippen molar-refractivity contribution in [2.24, 2.45) is 5.41 Å². The van der Waals surface area contributed by atoms with Crippen LogP contribution in [-0.4, -0.2) is 44.0 Å². The van der Waals surface area contributed by atoms with Crippen LogP contribution < -0.4 is 5.32 Å². The molecule has 0 bridgehead atoms. The van der Waals surface area contributed by atoms with Crippen LogP contribution in [0, 0.1) is 5.41 Å². The molecule has 2 saturated heterocycles. The molecular formula is C11H18N2O3S. The van der Waals surface area contributed by atoms with Gasteiger partial charge in [0.2, 0.25) is 15.9 Å². The first-order chi connectivity index (χ1) is 7.97. The Morgan fingerprint density at radius 2 is 2.06 bits per heavy atom. The topological polar surface area (TPSA) is 66.5 Å². The van der Waals surface area contributed by atoms with E-state index in [0.29, 0.717) is 26.1 Å². The molecule has 1 amide bonds. The van der Waals surface area contributed by atoms with Crippen LogP contribution in [0.25, 0.3) is 0 Å². The van der Waals surface area contributed by atoms with E-state index in [0.717, 1.165) is 12.8 Å². The van der Waals surface area contributed by atoms with Gasteiger partial charge < -0.3 is 5.32 Å². The van der Waals surface area contributed by atoms with E-state index in [1.165, 1.54) is 10.4 Å². The Bertz CT molecular complexity index is 422. The summed E-state index contributed by atoms with van der Waals surface area (Å²) in [5.41, 5.74) is -0.00270. The molecule has 2 rings (SSSR count). The Labute approximate surface area is 102 Å². The number of amides is 1. The van der Waals surface area contributed by atoms with Gasteiger partial charge in [-0.05, 0) is 18.3 Å². The van der Waals surface area contributed by atoms with Crippen molar-refractivity contribution in [3.63, 3.8) is 0 Å². The molecule has 0 radical (unpaired) electrons. The molecular weight excluding hydrogens is 240 g/mol. The van der Waals surface area contributed by atoms with Crippen molar-refractivity contribution in [2.45, 2.75) is 19.3 Å². The highest BCUT2D eigenvalue weighted by Gasteiger charge is 2.42. The third-order valence-corrected chi connectivity index (χ3v) is 5.51. The third kappa shape index (κ3) is 2.52. The second-order valence-corrected chi connectivity index (χ2v) is 6.93. The molecule has 96 valence electrons. The molecule has 1 N–H and O–H groups in total. The molecule has 2 fully saturated rings. The number of carbonyl (C=O) groups is 1. The van der Waals surface area contributed by atoms with Gasteiger partial charge in [-0.25, -0.2) is 12.7 Å². The zero-order valence-electron chi connectivity index (χ0n) is 9.81. The number of piperidine rings is 1. The minimum Gasteiger partial charge on any atom is -0.356 e. The maximum absolute atomic E-state index is 11.8. The molecule has 17 heavy (non-hydrogen) atoms. The van der Waals surface area contributed by atoms with Crippen molar-refractivity contribution < 1.29 is 13.2 Å². The Kier molecular flexibility index (Phi) is 3.27. The summed E-state index contributed by atoms with van der Waals surface area (Å²) in [6.07, 6.45) is 3.49. The lowest BCUT2D eigenvalue weighted by Gasteiger charge is -2.37. The molecule has 0 atom stereocenters. The van der Waals surface area contributed by atoms with Crippen LogP contribution in [0.4, 0.5) is 0 Å². The summed E-state index contributed by atoms with van der Waals surface area (Å²) in [6, 6.07) is 0. The second kappa shape index (κ2) is 4.42. The lowest BCUT2D eigenvalue weighted by molar-refractivity contribution is -0.119. The highest BCUT2D eigenvalue weighted by Crippen LogP contribution is 2.38. The second-order valence-electron chi connectivity index (χ2n) is 4.92. The first-order valence-electron chi connectivity index (χ1n) is 5.83. The quantitative estimate of drug-likeness (QED) is 0.730. The number of hydrogen-bond acceptors (Lipinski definition) is 3. The summed E-state index contributed by atoms with van der Waals surface area (Å²) < 4.78 is 25.2. The summed E-state index contributed by atoms with van der Waals surface area (Å²) in [7, 11) is -3.18. The lowest BCUT2D eigenvalue weighted by atomic mass is 9.78. The summed E-state index contributed by atoms with van der Waals surface area (Å²) in [5.74, 6) is 0.0874. The number of carbonyl (C=O) groups excluding carboxylic acids is 1. The van der Waals surface area contributed by atoms with Crippen LogP contribution in [0.1, 0.15) is 19.3 Å². The largest absolute Gasteiger partial charge is 0.356 e. The first-order valence-corrected chi connectivity index (χ1v) is 7.44. The summed E-state index contributed by atoms with van der Waals surface area (Å²) in [6.45, 7) is 5.19. The Morgan fingerprint density at radius 1 is 1.41 bits per heavy atom. The maximum atomic E-state index is 11.8. The van der Waals surface area contributed by atoms with Crippen LogP contribution in [-0.2, 0) is 14.8 Å². The molecule has 0 aromatic heterocycles. The van der Waals surface area contributed by atoms with Crippen molar-refractivity contribution in [3.05, 3.63) is 12.7 Å². The molecule has 0 unspecified atom stereocenters. The molecule has 2 aliphatic heterocycles. The average Bonchev–Trinajstić information content (AvgIpc) is 2.60. The van der Waals surface area contributed by atoms with E-state index in [1.807, 2.05) is 0 Å². The van der Waals surface area contributed by atoms with Crippen LogP contribution in [0.2, 0.25) is 0 Å². The van der Waals surface area contributed by atoms with Crippen molar-refractivity contribution in [1.29, 1.82) is 0 Å². The Hall–Kier alpha value is -0.880. The molecule has 0 aromatic rings. The zero-order valence-corrected chi connectivity index (χ0v) is 10.6. The highest BCUT2D eigenvalue weighted by molar-refractivity contribution is 7.89. The molecule has 0 aromatic carbocycles. The molecule has 0 aliphatic carbocycles. The van der Waals surface area contributed by atoms with E-state index in [-0.39, 0.29) is 17.1 Å². The van der Waals surface area contributed by atoms with Gasteiger partial charge in [0, 0.05) is 26.1 Å². The first kappa shape index (κ1) is 12.6. The van der Waals surface area contributed by atoms with E-state index in [2.05, 4.69) is 11.9 Å². The van der Waals surface area contributed by atoms with Gasteiger partial charge in [0.05, 0.1) is 5.75 Å². The minimum absolute atomic E-state index is 0.00270.